The molecule has 3 aromatic carbocycles. The normalized spacial score (nSPS) is 22.5. The minimum absolute atomic E-state index is 0.0662. The van der Waals surface area contributed by atoms with E-state index in [2.05, 4.69) is 78.1 Å². The molecule has 2 aromatic heterocycles. The molecule has 11 aliphatic rings. The van der Waals surface area contributed by atoms with Crippen LogP contribution in [0, 0.1) is 5.41 Å². The molecule has 3 spiro atoms. The van der Waals surface area contributed by atoms with Crippen LogP contribution in [0.5, 0.6) is 0 Å². The largest absolute Gasteiger partial charge is 0.444 e. The number of hydrogen-bond acceptors (Lipinski definition) is 10. The molecule has 0 radical (unpaired) electrons. The number of ether oxygens (including phenoxy) is 1. The minimum atomic E-state index is -0.687. The molecule has 17 heteroatoms. The lowest BCUT2D eigenvalue weighted by Gasteiger charge is -2.48. The maximum Gasteiger partial charge on any atom is 0.410 e. The van der Waals surface area contributed by atoms with Gasteiger partial charge in [-0.25, -0.2) is 14.8 Å². The number of fused-ring (bicyclic) bond motifs is 9. The standard InChI is InChI=1S/C27H36N4O3.C27H36N4O2.C23H29N3O/c1-5-6-15-30-22-14-10-8-12-20(22)28-23(30)16-31-21-13-9-7-11-19(21)27(24(31)32)17-29(18-27)25(33)34-26(2,3)4;1-3-4-15-30-22-12-8-6-10-20(22)28-23(30)16-31-21-11-7-5-9-19(21)27(25(31)33)17-29(18-27)24(32)26(2)13-14-26;1-2-3-15-25-20-12-7-5-10-18(20)24-21(25)16-26-19-11-6-4-9-17(19)23(22(26)27)13-8-14-23/h7,9,11,13H,5-6,8,10,12,14-18H2,1-4H3;5,7,9,11,20,22H,3-4,6,8,10,12-18H2,1-2H3;4,6,9,11H,2-3,5,7-8,10,12-16H2,1H3. The molecule has 500 valence electrons. The number of rotatable bonds is 16. The van der Waals surface area contributed by atoms with E-state index >= 15 is 0 Å². The summed E-state index contributed by atoms with van der Waals surface area (Å²) in [6.07, 6.45) is 25.8. The number of amides is 5. The number of carbonyl (C=O) groups excluding carboxylic acids is 5. The smallest absolute Gasteiger partial charge is 0.410 e. The van der Waals surface area contributed by atoms with Crippen LogP contribution in [0.25, 0.3) is 0 Å². The molecule has 17 nitrogen and oxygen atoms in total. The van der Waals surface area contributed by atoms with E-state index in [-0.39, 0.29) is 34.6 Å². The molecule has 2 saturated heterocycles. The average molecular weight is 1280 g/mol. The number of hydrogen-bond donors (Lipinski definition) is 0. The van der Waals surface area contributed by atoms with Gasteiger partial charge in [0.1, 0.15) is 33.9 Å². The van der Waals surface area contributed by atoms with Gasteiger partial charge in [-0.3, -0.25) is 24.2 Å². The van der Waals surface area contributed by atoms with Crippen LogP contribution < -0.4 is 14.7 Å². The van der Waals surface area contributed by atoms with Gasteiger partial charge in [0.25, 0.3) is 0 Å². The summed E-state index contributed by atoms with van der Waals surface area (Å²) in [5.74, 6) is 3.93. The quantitative estimate of drug-likeness (QED) is 0.0936. The van der Waals surface area contributed by atoms with Crippen molar-refractivity contribution in [2.24, 2.45) is 10.4 Å². The van der Waals surface area contributed by atoms with Crippen LogP contribution in [0.1, 0.15) is 222 Å². The highest BCUT2D eigenvalue weighted by atomic mass is 16.6. The number of imidazole rings is 2. The second kappa shape index (κ2) is 25.4. The van der Waals surface area contributed by atoms with Gasteiger partial charge in [0.15, 0.2) is 0 Å². The summed E-state index contributed by atoms with van der Waals surface area (Å²) in [5.41, 5.74) is 9.48. The lowest BCUT2D eigenvalue weighted by Crippen LogP contribution is -2.66. The van der Waals surface area contributed by atoms with Gasteiger partial charge >= 0.3 is 6.09 Å². The average Bonchev–Trinajstić information content (AvgIpc) is 1.55. The molecule has 5 aromatic rings. The number of aryl methyl sites for hydroxylation is 2. The van der Waals surface area contributed by atoms with E-state index in [0.29, 0.717) is 63.8 Å². The molecule has 5 fully saturated rings. The zero-order valence-electron chi connectivity index (χ0n) is 57.3. The van der Waals surface area contributed by atoms with Gasteiger partial charge in [-0.2, -0.15) is 0 Å². The first-order valence-electron chi connectivity index (χ1n) is 36.4. The summed E-state index contributed by atoms with van der Waals surface area (Å²) in [5, 5.41) is 0. The predicted molar refractivity (Wildman–Crippen MR) is 367 cm³/mol. The molecule has 2 unspecified atom stereocenters. The van der Waals surface area contributed by atoms with Crippen LogP contribution >= 0.6 is 0 Å². The highest BCUT2D eigenvalue weighted by Gasteiger charge is 2.63. The Kier molecular flexibility index (Phi) is 17.3. The number of para-hydroxylation sites is 3. The van der Waals surface area contributed by atoms with Crippen molar-refractivity contribution in [3.63, 3.8) is 0 Å². The van der Waals surface area contributed by atoms with Crippen LogP contribution in [-0.2, 0) is 92.0 Å². The Morgan fingerprint density at radius 3 is 1.46 bits per heavy atom. The number of benzene rings is 3. The second-order valence-corrected chi connectivity index (χ2v) is 30.7. The number of likely N-dealkylation sites (tertiary alicyclic amines) is 2. The summed E-state index contributed by atoms with van der Waals surface area (Å²) in [4.78, 5) is 94.0. The third kappa shape index (κ3) is 11.1. The van der Waals surface area contributed by atoms with E-state index in [4.69, 9.17) is 19.7 Å². The Bertz CT molecular complexity index is 3760. The fourth-order valence-corrected chi connectivity index (χ4v) is 17.4. The highest BCUT2D eigenvalue weighted by molar-refractivity contribution is 6.13. The van der Waals surface area contributed by atoms with Gasteiger partial charge in [-0.05, 0) is 165 Å². The van der Waals surface area contributed by atoms with E-state index < -0.39 is 16.4 Å². The molecular formula is C77H101N11O6. The van der Waals surface area contributed by atoms with E-state index in [1.807, 2.05) is 76.8 Å². The van der Waals surface area contributed by atoms with Crippen molar-refractivity contribution in [2.45, 2.75) is 256 Å². The summed E-state index contributed by atoms with van der Waals surface area (Å²) in [7, 11) is 0. The van der Waals surface area contributed by atoms with Crippen LogP contribution in [0.15, 0.2) is 77.8 Å². The van der Waals surface area contributed by atoms with Gasteiger partial charge in [0.2, 0.25) is 23.6 Å². The first kappa shape index (κ1) is 64.1. The van der Waals surface area contributed by atoms with Crippen molar-refractivity contribution < 1.29 is 28.7 Å². The van der Waals surface area contributed by atoms with E-state index in [1.54, 1.807) is 4.90 Å². The molecular weight excluding hydrogens is 1170 g/mol. The SMILES string of the molecule is CCCCN1C(CN2C(=O)C3(CN(C(=O)C4(C)CC4)C3)c3ccccc32)=NC2CCCCC21.CCCCn1c(CN2C(=O)C3(CCC3)c3ccccc32)nc2c1CCCC2.CCCCn1c(CN2C(=O)C3(CN(C(=O)OC(C)(C)C)C3)c3ccccc32)nc2c1CCCC2. The summed E-state index contributed by atoms with van der Waals surface area (Å²) in [6.45, 7) is 20.7. The van der Waals surface area contributed by atoms with Gasteiger partial charge in [0, 0.05) is 79.7 Å². The summed E-state index contributed by atoms with van der Waals surface area (Å²) in [6, 6.07) is 25.6. The number of carbonyl (C=O) groups is 5. The third-order valence-corrected chi connectivity index (χ3v) is 23.1. The Morgan fingerprint density at radius 1 is 0.532 bits per heavy atom. The first-order valence-corrected chi connectivity index (χ1v) is 36.4. The fraction of sp³-hybridized carbons (Fsp3) is 0.610. The van der Waals surface area contributed by atoms with Crippen LogP contribution in [0.2, 0.25) is 0 Å². The lowest BCUT2D eigenvalue weighted by molar-refractivity contribution is -0.148. The monoisotopic (exact) mass is 1280 g/mol. The van der Waals surface area contributed by atoms with Gasteiger partial charge in [0.05, 0.1) is 48.5 Å². The van der Waals surface area contributed by atoms with Crippen molar-refractivity contribution >= 4 is 52.6 Å². The topological polar surface area (TPSA) is 162 Å². The van der Waals surface area contributed by atoms with Crippen LogP contribution in [0.4, 0.5) is 21.9 Å². The van der Waals surface area contributed by atoms with Crippen molar-refractivity contribution in [1.82, 2.24) is 33.8 Å². The zero-order chi connectivity index (χ0) is 65.3. The molecule has 3 saturated carbocycles. The number of nitrogens with zero attached hydrogens (tertiary/aromatic N) is 11. The first-order chi connectivity index (χ1) is 45.4. The number of amidine groups is 1. The Balaban J connectivity index is 0.000000123. The Labute approximate surface area is 557 Å². The number of aromatic nitrogens is 4. The minimum Gasteiger partial charge on any atom is -0.444 e. The fourth-order valence-electron chi connectivity index (χ4n) is 17.4. The van der Waals surface area contributed by atoms with Gasteiger partial charge in [-0.1, -0.05) is 121 Å². The molecule has 0 bridgehead atoms. The van der Waals surface area contributed by atoms with Gasteiger partial charge < -0.3 is 43.3 Å². The summed E-state index contributed by atoms with van der Waals surface area (Å²) < 4.78 is 10.4. The van der Waals surface area contributed by atoms with Crippen LogP contribution in [-0.4, -0.2) is 126 Å². The molecule has 94 heavy (non-hydrogen) atoms. The van der Waals surface area contributed by atoms with Crippen molar-refractivity contribution in [3.8, 4) is 0 Å². The molecule has 5 amide bonds. The maximum atomic E-state index is 13.9. The van der Waals surface area contributed by atoms with Gasteiger partial charge in [-0.15, -0.1) is 0 Å². The molecule has 8 heterocycles. The molecule has 2 atom stereocenters. The van der Waals surface area contributed by atoms with Crippen LogP contribution in [0.3, 0.4) is 0 Å². The Morgan fingerprint density at radius 2 is 0.979 bits per heavy atom. The Hall–Kier alpha value is -7.30. The van der Waals surface area contributed by atoms with E-state index in [1.165, 1.54) is 99.0 Å². The highest BCUT2D eigenvalue weighted by Crippen LogP contribution is 2.55. The zero-order valence-corrected chi connectivity index (χ0v) is 57.3. The number of anilines is 3. The number of aliphatic imine (C=N–C) groups is 1. The lowest BCUT2D eigenvalue weighted by atomic mass is 9.65. The van der Waals surface area contributed by atoms with Crippen molar-refractivity contribution in [3.05, 3.63) is 124 Å². The third-order valence-electron chi connectivity index (χ3n) is 23.1. The molecule has 16 rings (SSSR count). The molecule has 5 aliphatic carbocycles. The number of unbranched alkanes of at least 4 members (excludes halogenated alkanes) is 3. The summed E-state index contributed by atoms with van der Waals surface area (Å²) >= 11 is 0. The van der Waals surface area contributed by atoms with Crippen molar-refractivity contribution in [2.75, 3.05) is 54.0 Å². The molecule has 6 aliphatic heterocycles. The van der Waals surface area contributed by atoms with E-state index in [9.17, 15) is 24.0 Å². The van der Waals surface area contributed by atoms with E-state index in [0.717, 1.165) is 142 Å². The molecule has 0 N–H and O–H groups in total. The second-order valence-electron chi connectivity index (χ2n) is 30.7. The predicted octanol–water partition coefficient (Wildman–Crippen LogP) is 12.9. The maximum absolute atomic E-state index is 13.9. The van der Waals surface area contributed by atoms with Crippen molar-refractivity contribution in [1.29, 1.82) is 0 Å².